The number of anilines is 2. The lowest BCUT2D eigenvalue weighted by Crippen LogP contribution is -2.16. The smallest absolute Gasteiger partial charge is 0.266 e. The number of nitrogens with zero attached hydrogens (tertiary/aromatic N) is 1. The first-order valence-corrected chi connectivity index (χ1v) is 7.96. The monoisotopic (exact) mass is 397 g/mol. The molecule has 0 aliphatic heterocycles. The number of pyridine rings is 1. The molecule has 0 amide bonds. The zero-order valence-electron chi connectivity index (χ0n) is 10.1. The molecule has 5 nitrogen and oxygen atoms in total. The zero-order chi connectivity index (χ0) is 15.8. The van der Waals surface area contributed by atoms with Gasteiger partial charge in [-0.25, -0.2) is 17.8 Å². The van der Waals surface area contributed by atoms with Crippen LogP contribution in [0.15, 0.2) is 33.6 Å². The van der Waals surface area contributed by atoms with Crippen LogP contribution in [0.25, 0.3) is 0 Å². The second-order valence-corrected chi connectivity index (χ2v) is 6.70. The predicted octanol–water partition coefficient (Wildman–Crippen LogP) is 3.16. The summed E-state index contributed by atoms with van der Waals surface area (Å²) in [5, 5.41) is -0.0820. The van der Waals surface area contributed by atoms with E-state index in [1.807, 2.05) is 4.72 Å². The standard InChI is InChI=1S/C11H7BrClF2N3O2S/c12-9-5(13)4-6(10(15)11(9)16)21(19,20)18-8-3-1-2-7(14)17-8/h1-4H,16H2,(H,17,18). The third-order valence-electron chi connectivity index (χ3n) is 2.40. The number of halogens is 4. The summed E-state index contributed by atoms with van der Waals surface area (Å²) in [4.78, 5) is 2.56. The van der Waals surface area contributed by atoms with Gasteiger partial charge in [0.2, 0.25) is 5.95 Å². The van der Waals surface area contributed by atoms with Crippen molar-refractivity contribution < 1.29 is 17.2 Å². The summed E-state index contributed by atoms with van der Waals surface area (Å²) in [6.07, 6.45) is 0. The maximum atomic E-state index is 14.0. The van der Waals surface area contributed by atoms with Gasteiger partial charge < -0.3 is 5.73 Å². The Morgan fingerprint density at radius 1 is 1.33 bits per heavy atom. The number of aromatic nitrogens is 1. The van der Waals surface area contributed by atoms with Crippen LogP contribution < -0.4 is 10.5 Å². The number of sulfonamides is 1. The quantitative estimate of drug-likeness (QED) is 0.472. The lowest BCUT2D eigenvalue weighted by Gasteiger charge is -2.11. The molecule has 1 heterocycles. The van der Waals surface area contributed by atoms with Crippen molar-refractivity contribution in [2.24, 2.45) is 0 Å². The maximum Gasteiger partial charge on any atom is 0.266 e. The molecule has 0 aliphatic carbocycles. The van der Waals surface area contributed by atoms with Gasteiger partial charge in [0.1, 0.15) is 10.7 Å². The summed E-state index contributed by atoms with van der Waals surface area (Å²) < 4.78 is 53.1. The first-order chi connectivity index (χ1) is 9.72. The molecule has 10 heteroatoms. The highest BCUT2D eigenvalue weighted by Crippen LogP contribution is 2.35. The molecule has 0 atom stereocenters. The highest BCUT2D eigenvalue weighted by molar-refractivity contribution is 9.10. The molecule has 0 fully saturated rings. The SMILES string of the molecule is Nc1c(F)c(S(=O)(=O)Nc2cccc(F)n2)cc(Cl)c1Br. The van der Waals surface area contributed by atoms with Gasteiger partial charge in [0.15, 0.2) is 5.82 Å². The van der Waals surface area contributed by atoms with E-state index in [1.54, 1.807) is 0 Å². The molecule has 0 bridgehead atoms. The number of benzene rings is 1. The minimum Gasteiger partial charge on any atom is -0.395 e. The summed E-state index contributed by atoms with van der Waals surface area (Å²) in [6, 6.07) is 4.38. The molecule has 0 unspecified atom stereocenters. The van der Waals surface area contributed by atoms with Crippen molar-refractivity contribution in [2.75, 3.05) is 10.5 Å². The number of nitrogens with one attached hydrogen (secondary N) is 1. The molecule has 21 heavy (non-hydrogen) atoms. The van der Waals surface area contributed by atoms with Gasteiger partial charge >= 0.3 is 0 Å². The Labute approximate surface area is 132 Å². The summed E-state index contributed by atoms with van der Waals surface area (Å²) in [5.74, 6) is -2.36. The van der Waals surface area contributed by atoms with Crippen LogP contribution in [-0.2, 0) is 10.0 Å². The average molecular weight is 399 g/mol. The van der Waals surface area contributed by atoms with E-state index in [4.69, 9.17) is 17.3 Å². The van der Waals surface area contributed by atoms with E-state index >= 15 is 0 Å². The molecule has 0 spiro atoms. The van der Waals surface area contributed by atoms with Crippen LogP contribution in [0.2, 0.25) is 5.02 Å². The zero-order valence-corrected chi connectivity index (χ0v) is 13.2. The van der Waals surface area contributed by atoms with Crippen molar-refractivity contribution in [3.05, 3.63) is 45.5 Å². The fourth-order valence-corrected chi connectivity index (χ4v) is 3.13. The number of hydrogen-bond donors (Lipinski definition) is 2. The highest BCUT2D eigenvalue weighted by atomic mass is 79.9. The number of nitrogen functional groups attached to an aromatic ring is 1. The third kappa shape index (κ3) is 3.25. The first-order valence-electron chi connectivity index (χ1n) is 5.30. The molecule has 0 saturated carbocycles. The minimum atomic E-state index is -4.36. The predicted molar refractivity (Wildman–Crippen MR) is 78.5 cm³/mol. The summed E-state index contributed by atoms with van der Waals surface area (Å²) in [7, 11) is -4.36. The van der Waals surface area contributed by atoms with Gasteiger partial charge in [0.25, 0.3) is 10.0 Å². The van der Waals surface area contributed by atoms with Crippen LogP contribution >= 0.6 is 27.5 Å². The van der Waals surface area contributed by atoms with E-state index < -0.39 is 32.4 Å². The van der Waals surface area contributed by atoms with Gasteiger partial charge in [0.05, 0.1) is 15.2 Å². The number of nitrogens with two attached hydrogens (primary N) is 1. The van der Waals surface area contributed by atoms with E-state index in [2.05, 4.69) is 20.9 Å². The summed E-state index contributed by atoms with van der Waals surface area (Å²) in [5.41, 5.74) is 4.97. The molecule has 1 aromatic heterocycles. The molecule has 3 N–H and O–H groups in total. The molecule has 0 radical (unpaired) electrons. The topological polar surface area (TPSA) is 85.1 Å². The molecule has 2 rings (SSSR count). The first kappa shape index (κ1) is 15.9. The van der Waals surface area contributed by atoms with E-state index in [0.717, 1.165) is 12.1 Å². The molecule has 2 aromatic rings. The van der Waals surface area contributed by atoms with Crippen molar-refractivity contribution in [2.45, 2.75) is 4.90 Å². The Hall–Kier alpha value is -1.45. The van der Waals surface area contributed by atoms with E-state index in [0.29, 0.717) is 0 Å². The van der Waals surface area contributed by atoms with Gasteiger partial charge in [-0.15, -0.1) is 0 Å². The van der Waals surface area contributed by atoms with Crippen LogP contribution in [0, 0.1) is 11.8 Å². The average Bonchev–Trinajstić information content (AvgIpc) is 2.40. The Morgan fingerprint density at radius 2 is 2.00 bits per heavy atom. The van der Waals surface area contributed by atoms with Crippen LogP contribution in [-0.4, -0.2) is 13.4 Å². The largest absolute Gasteiger partial charge is 0.395 e. The van der Waals surface area contributed by atoms with Crippen molar-refractivity contribution >= 4 is 49.1 Å². The Bertz CT molecular complexity index is 817. The molecule has 112 valence electrons. The van der Waals surface area contributed by atoms with Gasteiger partial charge in [-0.3, -0.25) is 4.72 Å². The van der Waals surface area contributed by atoms with Crippen LogP contribution in [0.1, 0.15) is 0 Å². The lowest BCUT2D eigenvalue weighted by atomic mass is 10.3. The fraction of sp³-hybridized carbons (Fsp3) is 0. The molecule has 0 aliphatic rings. The van der Waals surface area contributed by atoms with E-state index in [-0.39, 0.29) is 15.3 Å². The van der Waals surface area contributed by atoms with Crippen LogP contribution in [0.4, 0.5) is 20.3 Å². The van der Waals surface area contributed by atoms with E-state index in [9.17, 15) is 17.2 Å². The van der Waals surface area contributed by atoms with Crippen molar-refractivity contribution in [3.8, 4) is 0 Å². The van der Waals surface area contributed by atoms with Gasteiger partial charge in [-0.2, -0.15) is 4.39 Å². The maximum absolute atomic E-state index is 14.0. The number of rotatable bonds is 3. The summed E-state index contributed by atoms with van der Waals surface area (Å²) >= 11 is 8.70. The number of hydrogen-bond acceptors (Lipinski definition) is 4. The van der Waals surface area contributed by atoms with Crippen molar-refractivity contribution in [1.82, 2.24) is 4.98 Å². The molecule has 0 saturated heterocycles. The Morgan fingerprint density at radius 3 is 2.62 bits per heavy atom. The third-order valence-corrected chi connectivity index (χ3v) is 5.13. The van der Waals surface area contributed by atoms with Gasteiger partial charge in [-0.1, -0.05) is 17.7 Å². The second kappa shape index (κ2) is 5.74. The second-order valence-electron chi connectivity index (χ2n) is 3.85. The molecular weight excluding hydrogens is 392 g/mol. The lowest BCUT2D eigenvalue weighted by molar-refractivity contribution is 0.571. The normalized spacial score (nSPS) is 11.4. The van der Waals surface area contributed by atoms with Crippen LogP contribution in [0.5, 0.6) is 0 Å². The summed E-state index contributed by atoms with van der Waals surface area (Å²) in [6.45, 7) is 0. The Balaban J connectivity index is 2.50. The van der Waals surface area contributed by atoms with Gasteiger partial charge in [-0.05, 0) is 34.1 Å². The van der Waals surface area contributed by atoms with Crippen LogP contribution in [0.3, 0.4) is 0 Å². The van der Waals surface area contributed by atoms with Crippen molar-refractivity contribution in [1.29, 1.82) is 0 Å². The van der Waals surface area contributed by atoms with Gasteiger partial charge in [0, 0.05) is 0 Å². The molecular formula is C11H7BrClF2N3O2S. The van der Waals surface area contributed by atoms with E-state index in [1.165, 1.54) is 12.1 Å². The fourth-order valence-electron chi connectivity index (χ4n) is 1.45. The van der Waals surface area contributed by atoms with Crippen molar-refractivity contribution in [3.63, 3.8) is 0 Å². The highest BCUT2D eigenvalue weighted by Gasteiger charge is 2.24. The molecule has 1 aromatic carbocycles. The minimum absolute atomic E-state index is 0.0458. The Kier molecular flexibility index (Phi) is 4.35.